The highest BCUT2D eigenvalue weighted by molar-refractivity contribution is 5.48. The van der Waals surface area contributed by atoms with Gasteiger partial charge in [-0.05, 0) is 62.3 Å². The lowest BCUT2D eigenvalue weighted by Gasteiger charge is -2.15. The van der Waals surface area contributed by atoms with E-state index in [1.165, 1.54) is 36.1 Å². The first kappa shape index (κ1) is 10.5. The van der Waals surface area contributed by atoms with Gasteiger partial charge >= 0.3 is 0 Å². The van der Waals surface area contributed by atoms with Crippen LogP contribution in [-0.2, 0) is 0 Å². The minimum Gasteiger partial charge on any atom is -0.382 e. The Morgan fingerprint density at radius 2 is 1.93 bits per heavy atom. The number of benzene rings is 1. The van der Waals surface area contributed by atoms with Crippen molar-refractivity contribution in [3.63, 3.8) is 0 Å². The Bertz CT molecular complexity index is 343. The van der Waals surface area contributed by atoms with Gasteiger partial charge in [-0.3, -0.25) is 0 Å². The van der Waals surface area contributed by atoms with Crippen molar-refractivity contribution < 1.29 is 0 Å². The molecule has 0 radical (unpaired) electrons. The van der Waals surface area contributed by atoms with E-state index in [0.717, 1.165) is 5.92 Å². The average Bonchev–Trinajstić information content (AvgIpc) is 2.58. The molecule has 0 bridgehead atoms. The number of rotatable bonds is 2. The van der Waals surface area contributed by atoms with Gasteiger partial charge in [-0.25, -0.2) is 0 Å². The maximum Gasteiger partial charge on any atom is 0.0345 e. The van der Waals surface area contributed by atoms with Crippen molar-refractivity contribution in [3.05, 3.63) is 29.3 Å². The fourth-order valence-corrected chi connectivity index (χ4v) is 2.41. The molecule has 2 atom stereocenters. The fraction of sp³-hybridized carbons (Fsp3) is 0.571. The molecule has 0 aliphatic heterocycles. The lowest BCUT2D eigenvalue weighted by atomic mass is 10.1. The summed E-state index contributed by atoms with van der Waals surface area (Å²) < 4.78 is 0. The molecule has 1 saturated carbocycles. The quantitative estimate of drug-likeness (QED) is 0.768. The smallest absolute Gasteiger partial charge is 0.0345 e. The van der Waals surface area contributed by atoms with E-state index in [4.69, 9.17) is 0 Å². The summed E-state index contributed by atoms with van der Waals surface area (Å²) in [7, 11) is 0. The number of aryl methyl sites for hydroxylation is 2. The lowest BCUT2D eigenvalue weighted by Crippen LogP contribution is -2.15. The predicted octanol–water partition coefficient (Wildman–Crippen LogP) is 3.90. The molecule has 1 aromatic carbocycles. The molecule has 2 rings (SSSR count). The van der Waals surface area contributed by atoms with Crippen LogP contribution in [0.3, 0.4) is 0 Å². The minimum atomic E-state index is 0.696. The van der Waals surface area contributed by atoms with Crippen molar-refractivity contribution in [1.82, 2.24) is 0 Å². The van der Waals surface area contributed by atoms with Crippen molar-refractivity contribution >= 4 is 5.69 Å². The van der Waals surface area contributed by atoms with Gasteiger partial charge in [0.2, 0.25) is 0 Å². The highest BCUT2D eigenvalue weighted by atomic mass is 14.9. The van der Waals surface area contributed by atoms with Crippen molar-refractivity contribution in [2.45, 2.75) is 46.1 Å². The molecule has 2 unspecified atom stereocenters. The largest absolute Gasteiger partial charge is 0.382 e. The molecule has 0 heterocycles. The molecular weight excluding hydrogens is 182 g/mol. The summed E-state index contributed by atoms with van der Waals surface area (Å²) in [6.45, 7) is 6.69. The highest BCUT2D eigenvalue weighted by Crippen LogP contribution is 2.27. The van der Waals surface area contributed by atoms with E-state index in [-0.39, 0.29) is 0 Å². The van der Waals surface area contributed by atoms with Crippen LogP contribution < -0.4 is 5.32 Å². The van der Waals surface area contributed by atoms with Crippen molar-refractivity contribution in [2.75, 3.05) is 5.32 Å². The van der Waals surface area contributed by atoms with Crippen LogP contribution in [0.1, 0.15) is 37.3 Å². The molecule has 1 aliphatic carbocycles. The monoisotopic (exact) mass is 203 g/mol. The second-order valence-corrected chi connectivity index (χ2v) is 5.06. The second-order valence-electron chi connectivity index (χ2n) is 5.06. The van der Waals surface area contributed by atoms with Gasteiger partial charge in [0, 0.05) is 11.7 Å². The minimum absolute atomic E-state index is 0.696. The Balaban J connectivity index is 2.02. The summed E-state index contributed by atoms with van der Waals surface area (Å²) in [5, 5.41) is 3.64. The lowest BCUT2D eigenvalue weighted by molar-refractivity contribution is 0.602. The van der Waals surface area contributed by atoms with Gasteiger partial charge in [0.15, 0.2) is 0 Å². The van der Waals surface area contributed by atoms with E-state index in [0.29, 0.717) is 6.04 Å². The molecule has 1 fully saturated rings. The Labute approximate surface area is 92.9 Å². The first-order valence-electron chi connectivity index (χ1n) is 5.99. The summed E-state index contributed by atoms with van der Waals surface area (Å²) in [6.07, 6.45) is 4.03. The van der Waals surface area contributed by atoms with Gasteiger partial charge in [0.25, 0.3) is 0 Å². The van der Waals surface area contributed by atoms with Crippen LogP contribution in [0.25, 0.3) is 0 Å². The number of hydrogen-bond donors (Lipinski definition) is 1. The third-order valence-electron chi connectivity index (χ3n) is 3.57. The number of nitrogens with one attached hydrogen (secondary N) is 1. The van der Waals surface area contributed by atoms with E-state index in [9.17, 15) is 0 Å². The van der Waals surface area contributed by atoms with Gasteiger partial charge in [0.1, 0.15) is 0 Å². The molecular formula is C14H21N. The van der Waals surface area contributed by atoms with Crippen LogP contribution in [0.2, 0.25) is 0 Å². The molecule has 0 saturated heterocycles. The molecule has 0 spiro atoms. The van der Waals surface area contributed by atoms with Crippen LogP contribution in [0.15, 0.2) is 18.2 Å². The summed E-state index contributed by atoms with van der Waals surface area (Å²) in [6, 6.07) is 7.36. The highest BCUT2D eigenvalue weighted by Gasteiger charge is 2.20. The molecule has 0 aromatic heterocycles. The van der Waals surface area contributed by atoms with E-state index in [2.05, 4.69) is 44.3 Å². The van der Waals surface area contributed by atoms with E-state index < -0.39 is 0 Å². The Hall–Kier alpha value is -0.980. The van der Waals surface area contributed by atoms with Crippen LogP contribution in [0, 0.1) is 19.8 Å². The van der Waals surface area contributed by atoms with Crippen LogP contribution in [-0.4, -0.2) is 6.04 Å². The first-order valence-corrected chi connectivity index (χ1v) is 5.99. The van der Waals surface area contributed by atoms with Crippen LogP contribution in [0.5, 0.6) is 0 Å². The average molecular weight is 203 g/mol. The number of hydrogen-bond acceptors (Lipinski definition) is 1. The molecule has 15 heavy (non-hydrogen) atoms. The third-order valence-corrected chi connectivity index (χ3v) is 3.57. The van der Waals surface area contributed by atoms with Gasteiger partial charge in [-0.15, -0.1) is 0 Å². The van der Waals surface area contributed by atoms with Crippen molar-refractivity contribution in [1.29, 1.82) is 0 Å². The third kappa shape index (κ3) is 2.53. The maximum absolute atomic E-state index is 3.64. The van der Waals surface area contributed by atoms with Gasteiger partial charge in [0.05, 0.1) is 0 Å². The van der Waals surface area contributed by atoms with E-state index >= 15 is 0 Å². The topological polar surface area (TPSA) is 12.0 Å². The van der Waals surface area contributed by atoms with Crippen LogP contribution in [0.4, 0.5) is 5.69 Å². The molecule has 0 amide bonds. The zero-order valence-electron chi connectivity index (χ0n) is 10.0. The van der Waals surface area contributed by atoms with Crippen molar-refractivity contribution in [3.8, 4) is 0 Å². The fourth-order valence-electron chi connectivity index (χ4n) is 2.41. The Kier molecular flexibility index (Phi) is 2.99. The predicted molar refractivity (Wildman–Crippen MR) is 66.3 cm³/mol. The van der Waals surface area contributed by atoms with Gasteiger partial charge < -0.3 is 5.32 Å². The van der Waals surface area contributed by atoms with Gasteiger partial charge in [-0.2, -0.15) is 0 Å². The molecule has 1 aliphatic rings. The van der Waals surface area contributed by atoms with Gasteiger partial charge in [-0.1, -0.05) is 13.0 Å². The first-order chi connectivity index (χ1) is 7.15. The van der Waals surface area contributed by atoms with E-state index in [1.807, 2.05) is 0 Å². The SMILES string of the molecule is Cc1ccc(NC2CCC(C)C2)cc1C. The molecule has 1 nitrogen and oxygen atoms in total. The summed E-state index contributed by atoms with van der Waals surface area (Å²) in [5.41, 5.74) is 4.04. The summed E-state index contributed by atoms with van der Waals surface area (Å²) in [4.78, 5) is 0. The molecule has 1 N–H and O–H groups in total. The van der Waals surface area contributed by atoms with Crippen LogP contribution >= 0.6 is 0 Å². The second kappa shape index (κ2) is 4.26. The molecule has 82 valence electrons. The Morgan fingerprint density at radius 3 is 2.53 bits per heavy atom. The number of anilines is 1. The maximum atomic E-state index is 3.64. The molecule has 1 heteroatoms. The zero-order chi connectivity index (χ0) is 10.8. The van der Waals surface area contributed by atoms with E-state index in [1.54, 1.807) is 0 Å². The summed E-state index contributed by atoms with van der Waals surface area (Å²) >= 11 is 0. The summed E-state index contributed by atoms with van der Waals surface area (Å²) in [5.74, 6) is 0.897. The Morgan fingerprint density at radius 1 is 1.13 bits per heavy atom. The zero-order valence-corrected chi connectivity index (χ0v) is 10.0. The van der Waals surface area contributed by atoms with Crippen molar-refractivity contribution in [2.24, 2.45) is 5.92 Å². The molecule has 1 aromatic rings. The normalized spacial score (nSPS) is 25.5. The standard InChI is InChI=1S/C14H21N/c1-10-4-6-13(8-10)15-14-7-5-11(2)12(3)9-14/h5,7,9-10,13,15H,4,6,8H2,1-3H3.